The van der Waals surface area contributed by atoms with Crippen LogP contribution >= 0.6 is 0 Å². The summed E-state index contributed by atoms with van der Waals surface area (Å²) in [6, 6.07) is 8.82. The molecule has 0 bridgehead atoms. The summed E-state index contributed by atoms with van der Waals surface area (Å²) in [5, 5.41) is 2.66. The molecule has 0 aliphatic carbocycles. The number of hydrogen-bond donors (Lipinski definition) is 1. The van der Waals surface area contributed by atoms with Gasteiger partial charge in [-0.15, -0.1) is 0 Å². The second-order valence-corrected chi connectivity index (χ2v) is 6.53. The molecule has 2 aromatic carbocycles. The maximum atomic E-state index is 13.3. The fourth-order valence-corrected chi connectivity index (χ4v) is 2.93. The lowest BCUT2D eigenvalue weighted by atomic mass is 10.0. The van der Waals surface area contributed by atoms with E-state index < -0.39 is 35.4 Å². The van der Waals surface area contributed by atoms with E-state index in [2.05, 4.69) is 5.32 Å². The Balaban J connectivity index is 2.09. The molecule has 0 radical (unpaired) electrons. The van der Waals surface area contributed by atoms with Crippen molar-refractivity contribution in [3.8, 4) is 0 Å². The van der Waals surface area contributed by atoms with E-state index >= 15 is 0 Å². The summed E-state index contributed by atoms with van der Waals surface area (Å²) in [5.74, 6) is -1.77. The van der Waals surface area contributed by atoms with Crippen molar-refractivity contribution in [2.75, 3.05) is 5.32 Å². The largest absolute Gasteiger partial charge is 0.416 e. The lowest BCUT2D eigenvalue weighted by Gasteiger charge is -2.19. The highest BCUT2D eigenvalue weighted by Gasteiger charge is 2.40. The van der Waals surface area contributed by atoms with Gasteiger partial charge in [0, 0.05) is 11.7 Å². The van der Waals surface area contributed by atoms with Crippen LogP contribution in [-0.2, 0) is 15.8 Å². The number of anilines is 1. The molecule has 2 amide bonds. The van der Waals surface area contributed by atoms with Gasteiger partial charge in [0.05, 0.1) is 11.1 Å². The molecule has 0 aromatic heterocycles. The number of amides is 2. The molecule has 1 heterocycles. The van der Waals surface area contributed by atoms with Gasteiger partial charge in [-0.2, -0.15) is 13.2 Å². The molecule has 8 heteroatoms. The van der Waals surface area contributed by atoms with Gasteiger partial charge in [-0.1, -0.05) is 18.2 Å². The minimum absolute atomic E-state index is 0.0104. The standard InChI is InChI=1S/C20H16F4N2O2/c1-11(2)26-18(27)16(12-6-8-14(21)9-7-12)17(19(26)28)25-15-5-3-4-13(10-15)20(22,23)24/h3-11,25H,1-2H3. The van der Waals surface area contributed by atoms with E-state index in [9.17, 15) is 27.2 Å². The van der Waals surface area contributed by atoms with E-state index in [1.165, 1.54) is 24.3 Å². The maximum absolute atomic E-state index is 13.3. The van der Waals surface area contributed by atoms with Crippen LogP contribution < -0.4 is 5.32 Å². The number of alkyl halides is 3. The number of carbonyl (C=O) groups excluding carboxylic acids is 2. The van der Waals surface area contributed by atoms with Crippen LogP contribution in [0.4, 0.5) is 23.2 Å². The molecule has 0 fully saturated rings. The molecule has 1 aliphatic heterocycles. The molecule has 2 aromatic rings. The van der Waals surface area contributed by atoms with E-state index in [-0.39, 0.29) is 22.5 Å². The highest BCUT2D eigenvalue weighted by Crippen LogP contribution is 2.34. The van der Waals surface area contributed by atoms with Crippen LogP contribution in [0.25, 0.3) is 5.57 Å². The van der Waals surface area contributed by atoms with Crippen molar-refractivity contribution >= 4 is 23.1 Å². The van der Waals surface area contributed by atoms with Gasteiger partial charge in [0.1, 0.15) is 11.5 Å². The topological polar surface area (TPSA) is 49.4 Å². The summed E-state index contributed by atoms with van der Waals surface area (Å²) >= 11 is 0. The predicted octanol–water partition coefficient (Wildman–Crippen LogP) is 4.44. The summed E-state index contributed by atoms with van der Waals surface area (Å²) in [4.78, 5) is 26.6. The first kappa shape index (κ1) is 19.6. The average molecular weight is 392 g/mol. The number of imide groups is 1. The highest BCUT2D eigenvalue weighted by molar-refractivity contribution is 6.36. The van der Waals surface area contributed by atoms with Crippen molar-refractivity contribution in [2.45, 2.75) is 26.1 Å². The van der Waals surface area contributed by atoms with Crippen molar-refractivity contribution in [3.63, 3.8) is 0 Å². The zero-order chi connectivity index (χ0) is 20.6. The first-order valence-corrected chi connectivity index (χ1v) is 8.42. The zero-order valence-corrected chi connectivity index (χ0v) is 15.0. The van der Waals surface area contributed by atoms with Gasteiger partial charge in [0.15, 0.2) is 0 Å². The Morgan fingerprint density at radius 1 is 0.964 bits per heavy atom. The molecule has 0 unspecified atom stereocenters. The number of benzene rings is 2. The third-order valence-corrected chi connectivity index (χ3v) is 4.22. The summed E-state index contributed by atoms with van der Waals surface area (Å²) in [7, 11) is 0. The minimum atomic E-state index is -4.55. The predicted molar refractivity (Wildman–Crippen MR) is 95.4 cm³/mol. The van der Waals surface area contributed by atoms with Crippen molar-refractivity contribution in [2.24, 2.45) is 0 Å². The molecule has 1 aliphatic rings. The van der Waals surface area contributed by atoms with Crippen LogP contribution in [-0.4, -0.2) is 22.8 Å². The molecular weight excluding hydrogens is 376 g/mol. The van der Waals surface area contributed by atoms with E-state index in [1.54, 1.807) is 13.8 Å². The number of rotatable bonds is 4. The van der Waals surface area contributed by atoms with Gasteiger partial charge >= 0.3 is 6.18 Å². The van der Waals surface area contributed by atoms with Crippen molar-refractivity contribution < 1.29 is 27.2 Å². The number of nitrogens with zero attached hydrogens (tertiary/aromatic N) is 1. The van der Waals surface area contributed by atoms with Gasteiger partial charge in [0.2, 0.25) is 0 Å². The van der Waals surface area contributed by atoms with E-state index in [0.717, 1.165) is 29.2 Å². The Morgan fingerprint density at radius 3 is 2.18 bits per heavy atom. The van der Waals surface area contributed by atoms with Gasteiger partial charge in [0.25, 0.3) is 11.8 Å². The summed E-state index contributed by atoms with van der Waals surface area (Å²) in [6.45, 7) is 3.29. The third-order valence-electron chi connectivity index (χ3n) is 4.22. The Labute approximate surface area is 158 Å². The smallest absolute Gasteiger partial charge is 0.350 e. The summed E-state index contributed by atoms with van der Waals surface area (Å²) in [6.07, 6.45) is -4.55. The molecule has 3 rings (SSSR count). The first-order chi connectivity index (χ1) is 13.1. The van der Waals surface area contributed by atoms with Gasteiger partial charge < -0.3 is 5.32 Å². The normalized spacial score (nSPS) is 15.0. The molecule has 4 nitrogen and oxygen atoms in total. The average Bonchev–Trinajstić information content (AvgIpc) is 2.85. The van der Waals surface area contributed by atoms with Crippen LogP contribution in [0.2, 0.25) is 0 Å². The number of nitrogens with one attached hydrogen (secondary N) is 1. The van der Waals surface area contributed by atoms with Gasteiger partial charge in [-0.25, -0.2) is 4.39 Å². The van der Waals surface area contributed by atoms with E-state index in [0.29, 0.717) is 0 Å². The molecule has 1 N–H and O–H groups in total. The summed E-state index contributed by atoms with van der Waals surface area (Å²) in [5.41, 5.74) is -0.756. The maximum Gasteiger partial charge on any atom is 0.416 e. The monoisotopic (exact) mass is 392 g/mol. The SMILES string of the molecule is CC(C)N1C(=O)C(Nc2cccc(C(F)(F)F)c2)=C(c2ccc(F)cc2)C1=O. The molecule has 28 heavy (non-hydrogen) atoms. The quantitative estimate of drug-likeness (QED) is 0.618. The number of hydrogen-bond acceptors (Lipinski definition) is 3. The molecular formula is C20H16F4N2O2. The Bertz CT molecular complexity index is 963. The van der Waals surface area contributed by atoms with Crippen LogP contribution in [0, 0.1) is 5.82 Å². The van der Waals surface area contributed by atoms with Gasteiger partial charge in [-0.3, -0.25) is 14.5 Å². The molecule has 0 spiro atoms. The van der Waals surface area contributed by atoms with Crippen molar-refractivity contribution in [3.05, 3.63) is 71.2 Å². The highest BCUT2D eigenvalue weighted by atomic mass is 19.4. The zero-order valence-electron chi connectivity index (χ0n) is 15.0. The van der Waals surface area contributed by atoms with Crippen LogP contribution in [0.5, 0.6) is 0 Å². The summed E-state index contributed by atoms with van der Waals surface area (Å²) < 4.78 is 52.1. The van der Waals surface area contributed by atoms with Crippen molar-refractivity contribution in [1.82, 2.24) is 4.90 Å². The van der Waals surface area contributed by atoms with E-state index in [4.69, 9.17) is 0 Å². The fourth-order valence-electron chi connectivity index (χ4n) is 2.93. The Morgan fingerprint density at radius 2 is 1.61 bits per heavy atom. The van der Waals surface area contributed by atoms with Crippen LogP contribution in [0.1, 0.15) is 25.0 Å². The van der Waals surface area contributed by atoms with Gasteiger partial charge in [-0.05, 0) is 49.7 Å². The minimum Gasteiger partial charge on any atom is -0.350 e. The van der Waals surface area contributed by atoms with Crippen LogP contribution in [0.15, 0.2) is 54.2 Å². The number of carbonyl (C=O) groups is 2. The molecule has 146 valence electrons. The Kier molecular flexibility index (Phi) is 4.97. The molecule has 0 saturated carbocycles. The fraction of sp³-hybridized carbons (Fsp3) is 0.200. The van der Waals surface area contributed by atoms with Crippen molar-refractivity contribution in [1.29, 1.82) is 0 Å². The second-order valence-electron chi connectivity index (χ2n) is 6.53. The second kappa shape index (κ2) is 7.10. The Hall–Kier alpha value is -3.16. The first-order valence-electron chi connectivity index (χ1n) is 8.42. The molecule has 0 atom stereocenters. The lowest BCUT2D eigenvalue weighted by Crippen LogP contribution is -2.38. The van der Waals surface area contributed by atoms with Crippen LogP contribution in [0.3, 0.4) is 0 Å². The van der Waals surface area contributed by atoms with E-state index in [1.807, 2.05) is 0 Å². The molecule has 0 saturated heterocycles. The lowest BCUT2D eigenvalue weighted by molar-refractivity contribution is -0.139. The number of halogens is 4. The third kappa shape index (κ3) is 3.62.